The van der Waals surface area contributed by atoms with Crippen molar-refractivity contribution in [2.45, 2.75) is 70.3 Å². The van der Waals surface area contributed by atoms with E-state index in [0.717, 1.165) is 25.7 Å². The molecule has 2 amide bonds. The number of carbonyl (C=O) groups excluding carboxylic acids is 2. The number of benzene rings is 1. The number of amides is 2. The van der Waals surface area contributed by atoms with E-state index in [1.165, 1.54) is 37.8 Å². The Balaban J connectivity index is 1.86. The van der Waals surface area contributed by atoms with Crippen molar-refractivity contribution >= 4 is 17.5 Å². The second-order valence-electron chi connectivity index (χ2n) is 8.47. The molecule has 33 heavy (non-hydrogen) atoms. The number of rotatable bonds is 12. The van der Waals surface area contributed by atoms with Gasteiger partial charge in [0.15, 0.2) is 0 Å². The van der Waals surface area contributed by atoms with Gasteiger partial charge in [-0.3, -0.25) is 9.59 Å². The van der Waals surface area contributed by atoms with Crippen molar-refractivity contribution in [3.63, 3.8) is 0 Å². The number of anilines is 1. The van der Waals surface area contributed by atoms with E-state index in [9.17, 15) is 22.8 Å². The summed E-state index contributed by atoms with van der Waals surface area (Å²) in [6.45, 7) is 2.42. The molecule has 1 aliphatic rings. The Morgan fingerprint density at radius 1 is 1.12 bits per heavy atom. The summed E-state index contributed by atoms with van der Waals surface area (Å²) < 4.78 is 45.6. The predicted octanol–water partition coefficient (Wildman–Crippen LogP) is 3.99. The van der Waals surface area contributed by atoms with Crippen molar-refractivity contribution in [1.29, 1.82) is 0 Å². The van der Waals surface area contributed by atoms with Gasteiger partial charge in [0, 0.05) is 31.8 Å². The van der Waals surface area contributed by atoms with E-state index in [-0.39, 0.29) is 43.2 Å². The second kappa shape index (κ2) is 13.3. The van der Waals surface area contributed by atoms with Gasteiger partial charge in [0.2, 0.25) is 11.8 Å². The normalized spacial score (nSPS) is 16.5. The van der Waals surface area contributed by atoms with E-state index >= 15 is 0 Å². The Hall–Kier alpha value is -2.49. The molecule has 0 saturated heterocycles. The number of carbonyl (C=O) groups is 2. The molecule has 3 N–H and O–H groups in total. The third kappa shape index (κ3) is 10.8. The highest BCUT2D eigenvalue weighted by atomic mass is 19.4. The zero-order valence-corrected chi connectivity index (χ0v) is 19.2. The van der Waals surface area contributed by atoms with Gasteiger partial charge in [-0.1, -0.05) is 32.1 Å². The first-order valence-electron chi connectivity index (χ1n) is 11.3. The van der Waals surface area contributed by atoms with Crippen LogP contribution in [0.2, 0.25) is 0 Å². The third-order valence-corrected chi connectivity index (χ3v) is 5.56. The lowest BCUT2D eigenvalue weighted by molar-refractivity contribution is -0.274. The molecule has 0 unspecified atom stereocenters. The van der Waals surface area contributed by atoms with Crippen LogP contribution >= 0.6 is 0 Å². The molecule has 0 aromatic heterocycles. The lowest BCUT2D eigenvalue weighted by Gasteiger charge is -2.27. The first kappa shape index (κ1) is 26.8. The van der Waals surface area contributed by atoms with Gasteiger partial charge in [-0.2, -0.15) is 0 Å². The van der Waals surface area contributed by atoms with Gasteiger partial charge < -0.3 is 25.4 Å². The Kier molecular flexibility index (Phi) is 10.8. The zero-order valence-electron chi connectivity index (χ0n) is 19.2. The van der Waals surface area contributed by atoms with E-state index in [2.05, 4.69) is 20.7 Å². The molecule has 1 aromatic carbocycles. The van der Waals surface area contributed by atoms with Crippen LogP contribution in [0.15, 0.2) is 24.3 Å². The highest BCUT2D eigenvalue weighted by Gasteiger charge is 2.31. The molecule has 1 saturated carbocycles. The van der Waals surface area contributed by atoms with Crippen molar-refractivity contribution in [3.05, 3.63) is 24.3 Å². The van der Waals surface area contributed by atoms with E-state index in [4.69, 9.17) is 4.74 Å². The van der Waals surface area contributed by atoms with Crippen molar-refractivity contribution in [1.82, 2.24) is 10.6 Å². The fraction of sp³-hybridized carbons (Fsp3) is 0.652. The SMILES string of the molecule is COCCC(=O)N[C@@H](CC1CCCCC1)C(=O)NC[C@H](C)Nc1ccc(OC(F)(F)F)cc1. The number of methoxy groups -OCH3 is 1. The summed E-state index contributed by atoms with van der Waals surface area (Å²) in [6.07, 6.45) is 1.67. The van der Waals surface area contributed by atoms with Crippen LogP contribution in [0.25, 0.3) is 0 Å². The van der Waals surface area contributed by atoms with Gasteiger partial charge in [-0.05, 0) is 43.5 Å². The molecule has 10 heteroatoms. The Bertz CT molecular complexity index is 737. The number of ether oxygens (including phenoxy) is 2. The zero-order chi connectivity index (χ0) is 24.3. The highest BCUT2D eigenvalue weighted by Crippen LogP contribution is 2.27. The van der Waals surface area contributed by atoms with E-state index in [1.54, 1.807) is 0 Å². The molecule has 1 fully saturated rings. The quantitative estimate of drug-likeness (QED) is 0.427. The lowest BCUT2D eigenvalue weighted by Crippen LogP contribution is -2.49. The van der Waals surface area contributed by atoms with Crippen LogP contribution in [0.1, 0.15) is 51.9 Å². The van der Waals surface area contributed by atoms with Gasteiger partial charge in [-0.25, -0.2) is 0 Å². The smallest absolute Gasteiger partial charge is 0.406 e. The maximum Gasteiger partial charge on any atom is 0.573 e. The summed E-state index contributed by atoms with van der Waals surface area (Å²) in [5.41, 5.74) is 0.595. The Morgan fingerprint density at radius 2 is 1.79 bits per heavy atom. The fourth-order valence-electron chi connectivity index (χ4n) is 3.91. The van der Waals surface area contributed by atoms with Gasteiger partial charge in [0.1, 0.15) is 11.8 Å². The van der Waals surface area contributed by atoms with Gasteiger partial charge in [-0.15, -0.1) is 13.2 Å². The minimum absolute atomic E-state index is 0.191. The number of halogens is 3. The van der Waals surface area contributed by atoms with Crippen molar-refractivity contribution < 1.29 is 32.2 Å². The topological polar surface area (TPSA) is 88.7 Å². The van der Waals surface area contributed by atoms with Crippen LogP contribution in [-0.2, 0) is 14.3 Å². The Labute approximate surface area is 192 Å². The van der Waals surface area contributed by atoms with E-state index < -0.39 is 12.4 Å². The monoisotopic (exact) mass is 473 g/mol. The molecular weight excluding hydrogens is 439 g/mol. The summed E-state index contributed by atoms with van der Waals surface area (Å²) in [7, 11) is 1.52. The Morgan fingerprint density at radius 3 is 2.39 bits per heavy atom. The largest absolute Gasteiger partial charge is 0.573 e. The first-order valence-corrected chi connectivity index (χ1v) is 11.3. The van der Waals surface area contributed by atoms with Crippen LogP contribution in [0.3, 0.4) is 0 Å². The van der Waals surface area contributed by atoms with Crippen molar-refractivity contribution in [3.8, 4) is 5.75 Å². The van der Waals surface area contributed by atoms with Crippen LogP contribution in [-0.4, -0.2) is 50.5 Å². The molecule has 2 atom stereocenters. The summed E-state index contributed by atoms with van der Waals surface area (Å²) in [6, 6.07) is 4.59. The van der Waals surface area contributed by atoms with Crippen LogP contribution in [0, 0.1) is 5.92 Å². The predicted molar refractivity (Wildman–Crippen MR) is 119 cm³/mol. The number of nitrogens with one attached hydrogen (secondary N) is 3. The number of hydrogen-bond acceptors (Lipinski definition) is 5. The van der Waals surface area contributed by atoms with Crippen LogP contribution < -0.4 is 20.7 Å². The fourth-order valence-corrected chi connectivity index (χ4v) is 3.91. The van der Waals surface area contributed by atoms with Crippen LogP contribution in [0.4, 0.5) is 18.9 Å². The molecule has 0 spiro atoms. The molecule has 7 nitrogen and oxygen atoms in total. The summed E-state index contributed by atoms with van der Waals surface area (Å²) >= 11 is 0. The third-order valence-electron chi connectivity index (χ3n) is 5.56. The second-order valence-corrected chi connectivity index (χ2v) is 8.47. The first-order chi connectivity index (χ1) is 15.7. The molecule has 1 aromatic rings. The van der Waals surface area contributed by atoms with E-state index in [0.29, 0.717) is 18.0 Å². The van der Waals surface area contributed by atoms with Crippen molar-refractivity contribution in [2.75, 3.05) is 25.6 Å². The molecular formula is C23H34F3N3O4. The highest BCUT2D eigenvalue weighted by molar-refractivity contribution is 5.87. The van der Waals surface area contributed by atoms with E-state index in [1.807, 2.05) is 6.92 Å². The maximum atomic E-state index is 12.9. The maximum absolute atomic E-state index is 12.9. The standard InChI is InChI=1S/C23H34F3N3O4/c1-16(28-18-8-10-19(11-9-18)33-23(24,25)26)15-27-22(31)20(29-21(30)12-13-32-2)14-17-6-4-3-5-7-17/h8-11,16-17,20,28H,3-7,12-15H2,1-2H3,(H,27,31)(H,29,30)/t16-,20-/m0/s1. The van der Waals surface area contributed by atoms with Crippen LogP contribution in [0.5, 0.6) is 5.75 Å². The molecule has 0 heterocycles. The van der Waals surface area contributed by atoms with Gasteiger partial charge in [0.25, 0.3) is 0 Å². The summed E-state index contributed by atoms with van der Waals surface area (Å²) in [4.78, 5) is 25.0. The molecule has 1 aliphatic carbocycles. The van der Waals surface area contributed by atoms with Gasteiger partial charge >= 0.3 is 6.36 Å². The number of alkyl halides is 3. The molecule has 0 aliphatic heterocycles. The summed E-state index contributed by atoms with van der Waals surface area (Å²) in [5.74, 6) is -0.358. The van der Waals surface area contributed by atoms with Gasteiger partial charge in [0.05, 0.1) is 6.61 Å². The lowest BCUT2D eigenvalue weighted by atomic mass is 9.84. The molecule has 0 radical (unpaired) electrons. The molecule has 186 valence electrons. The minimum atomic E-state index is -4.74. The summed E-state index contributed by atoms with van der Waals surface area (Å²) in [5, 5.41) is 8.84. The molecule has 0 bridgehead atoms. The van der Waals surface area contributed by atoms with Crippen molar-refractivity contribution in [2.24, 2.45) is 5.92 Å². The average Bonchev–Trinajstić information content (AvgIpc) is 2.76. The number of hydrogen-bond donors (Lipinski definition) is 3. The molecule has 2 rings (SSSR count). The average molecular weight is 474 g/mol. The minimum Gasteiger partial charge on any atom is -0.406 e.